The summed E-state index contributed by atoms with van der Waals surface area (Å²) < 4.78 is 18.1. The van der Waals surface area contributed by atoms with Gasteiger partial charge in [-0.25, -0.2) is 4.39 Å². The van der Waals surface area contributed by atoms with E-state index in [2.05, 4.69) is 0 Å². The zero-order valence-corrected chi connectivity index (χ0v) is 13.3. The first-order valence-corrected chi connectivity index (χ1v) is 7.03. The van der Waals surface area contributed by atoms with Crippen LogP contribution < -0.4 is 5.73 Å². The third kappa shape index (κ3) is 4.39. The van der Waals surface area contributed by atoms with Gasteiger partial charge in [-0.1, -0.05) is 12.1 Å². The second kappa shape index (κ2) is 8.43. The molecule has 0 spiro atoms. The number of likely N-dealkylation sites (tertiary alicyclic amines) is 1. The second-order valence-corrected chi connectivity index (χ2v) is 5.28. The summed E-state index contributed by atoms with van der Waals surface area (Å²) in [7, 11) is 1.66. The van der Waals surface area contributed by atoms with Gasteiger partial charge in [-0.3, -0.25) is 4.79 Å². The fourth-order valence-corrected chi connectivity index (χ4v) is 2.53. The molecule has 2 rings (SSSR count). The number of ether oxygens (including phenoxy) is 1. The molecule has 1 aliphatic heterocycles. The van der Waals surface area contributed by atoms with Crippen LogP contribution in [0.25, 0.3) is 0 Å². The normalized spacial score (nSPS) is 18.5. The summed E-state index contributed by atoms with van der Waals surface area (Å²) in [6, 6.07) is 4.29. The molecule has 0 saturated carbocycles. The molecule has 2 unspecified atom stereocenters. The Labute approximate surface area is 135 Å². The van der Waals surface area contributed by atoms with Crippen LogP contribution in [-0.2, 0) is 9.53 Å². The average Bonchev–Trinajstić information content (AvgIpc) is 2.53. The number of rotatable bonds is 4. The highest BCUT2D eigenvalue weighted by atomic mass is 35.5. The number of nitrogens with zero attached hydrogens (tertiary/aromatic N) is 1. The van der Waals surface area contributed by atoms with Crippen LogP contribution >= 0.6 is 12.4 Å². The molecule has 1 aromatic carbocycles. The Morgan fingerprint density at radius 1 is 1.36 bits per heavy atom. The van der Waals surface area contributed by atoms with E-state index in [1.165, 1.54) is 24.3 Å². The smallest absolute Gasteiger partial charge is 0.242 e. The Balaban J connectivity index is 0.00000242. The SMILES string of the molecule is COC1CCN(C(=O)C(N)C(O)c2ccc(F)cc2)CC1.Cl. The number of hydrogen-bond donors (Lipinski definition) is 2. The molecular formula is C15H22ClFN2O3. The molecule has 1 amide bonds. The summed E-state index contributed by atoms with van der Waals surface area (Å²) in [4.78, 5) is 13.9. The van der Waals surface area contributed by atoms with E-state index in [-0.39, 0.29) is 24.4 Å². The van der Waals surface area contributed by atoms with Crippen LogP contribution in [0.2, 0.25) is 0 Å². The lowest BCUT2D eigenvalue weighted by atomic mass is 10.00. The predicted molar refractivity (Wildman–Crippen MR) is 83.2 cm³/mol. The minimum atomic E-state index is -1.14. The van der Waals surface area contributed by atoms with Crippen molar-refractivity contribution in [2.75, 3.05) is 20.2 Å². The van der Waals surface area contributed by atoms with Gasteiger partial charge in [-0.2, -0.15) is 0 Å². The molecule has 1 saturated heterocycles. The Morgan fingerprint density at radius 2 is 1.91 bits per heavy atom. The highest BCUT2D eigenvalue weighted by molar-refractivity contribution is 5.85. The standard InChI is InChI=1S/C15H21FN2O3.ClH/c1-21-12-6-8-18(9-7-12)15(20)13(17)14(19)10-2-4-11(16)5-3-10;/h2-5,12-14,19H,6-9,17H2,1H3;1H. The van der Waals surface area contributed by atoms with Gasteiger partial charge in [0.05, 0.1) is 6.10 Å². The Kier molecular flexibility index (Phi) is 7.22. The quantitative estimate of drug-likeness (QED) is 0.870. The van der Waals surface area contributed by atoms with E-state index in [4.69, 9.17) is 10.5 Å². The van der Waals surface area contributed by atoms with Gasteiger partial charge in [0.25, 0.3) is 0 Å². The topological polar surface area (TPSA) is 75.8 Å². The van der Waals surface area contributed by atoms with Gasteiger partial charge < -0.3 is 20.5 Å². The van der Waals surface area contributed by atoms with Crippen molar-refractivity contribution in [2.45, 2.75) is 31.1 Å². The van der Waals surface area contributed by atoms with Gasteiger partial charge in [-0.05, 0) is 30.5 Å². The lowest BCUT2D eigenvalue weighted by Crippen LogP contribution is -2.50. The molecule has 5 nitrogen and oxygen atoms in total. The molecule has 2 atom stereocenters. The van der Waals surface area contributed by atoms with Crippen molar-refractivity contribution in [2.24, 2.45) is 5.73 Å². The Morgan fingerprint density at radius 3 is 2.41 bits per heavy atom. The number of carbonyl (C=O) groups excluding carboxylic acids is 1. The summed E-state index contributed by atoms with van der Waals surface area (Å²) >= 11 is 0. The largest absolute Gasteiger partial charge is 0.386 e. The Bertz CT molecular complexity index is 478. The van der Waals surface area contributed by atoms with Crippen LogP contribution in [0.3, 0.4) is 0 Å². The van der Waals surface area contributed by atoms with Crippen molar-refractivity contribution >= 4 is 18.3 Å². The zero-order valence-electron chi connectivity index (χ0n) is 12.4. The summed E-state index contributed by atoms with van der Waals surface area (Å²) in [5.41, 5.74) is 6.30. The van der Waals surface area contributed by atoms with Gasteiger partial charge in [-0.15, -0.1) is 12.4 Å². The number of nitrogens with two attached hydrogens (primary N) is 1. The molecule has 1 heterocycles. The van der Waals surface area contributed by atoms with Crippen molar-refractivity contribution < 1.29 is 19.0 Å². The van der Waals surface area contributed by atoms with Crippen LogP contribution in [0, 0.1) is 5.82 Å². The highest BCUT2D eigenvalue weighted by Gasteiger charge is 2.30. The van der Waals surface area contributed by atoms with Gasteiger partial charge in [0.2, 0.25) is 5.91 Å². The maximum absolute atomic E-state index is 12.9. The van der Waals surface area contributed by atoms with Crippen LogP contribution in [-0.4, -0.2) is 48.3 Å². The average molecular weight is 333 g/mol. The fourth-order valence-electron chi connectivity index (χ4n) is 2.53. The minimum absolute atomic E-state index is 0. The van der Waals surface area contributed by atoms with E-state index < -0.39 is 18.0 Å². The molecule has 3 N–H and O–H groups in total. The van der Waals surface area contributed by atoms with Gasteiger partial charge in [0.1, 0.15) is 18.0 Å². The number of amides is 1. The van der Waals surface area contributed by atoms with Crippen LogP contribution in [0.4, 0.5) is 4.39 Å². The third-order valence-corrected chi connectivity index (χ3v) is 3.92. The number of aliphatic hydroxyl groups is 1. The van der Waals surface area contributed by atoms with Gasteiger partial charge in [0.15, 0.2) is 0 Å². The Hall–Kier alpha value is -1.21. The maximum atomic E-state index is 12.9. The summed E-state index contributed by atoms with van der Waals surface area (Å²) in [6.45, 7) is 1.14. The molecular weight excluding hydrogens is 311 g/mol. The number of halogens is 2. The number of piperidine rings is 1. The minimum Gasteiger partial charge on any atom is -0.386 e. The van der Waals surface area contributed by atoms with Crippen molar-refractivity contribution in [3.05, 3.63) is 35.6 Å². The number of hydrogen-bond acceptors (Lipinski definition) is 4. The van der Waals surface area contributed by atoms with E-state index in [9.17, 15) is 14.3 Å². The molecule has 124 valence electrons. The molecule has 0 aromatic heterocycles. The van der Waals surface area contributed by atoms with E-state index in [1.807, 2.05) is 0 Å². The number of benzene rings is 1. The van der Waals surface area contributed by atoms with E-state index >= 15 is 0 Å². The van der Waals surface area contributed by atoms with E-state index in [1.54, 1.807) is 12.0 Å². The van der Waals surface area contributed by atoms with Gasteiger partial charge in [0, 0.05) is 20.2 Å². The summed E-state index contributed by atoms with van der Waals surface area (Å²) in [5, 5.41) is 10.2. The number of aliphatic hydroxyl groups excluding tert-OH is 1. The molecule has 0 aliphatic carbocycles. The highest BCUT2D eigenvalue weighted by Crippen LogP contribution is 2.20. The van der Waals surface area contributed by atoms with Crippen molar-refractivity contribution in [1.82, 2.24) is 4.90 Å². The van der Waals surface area contributed by atoms with Crippen LogP contribution in [0.15, 0.2) is 24.3 Å². The van der Waals surface area contributed by atoms with Crippen molar-refractivity contribution in [1.29, 1.82) is 0 Å². The van der Waals surface area contributed by atoms with Crippen LogP contribution in [0.1, 0.15) is 24.5 Å². The van der Waals surface area contributed by atoms with Crippen molar-refractivity contribution in [3.63, 3.8) is 0 Å². The predicted octanol–water partition coefficient (Wildman–Crippen LogP) is 1.25. The monoisotopic (exact) mass is 332 g/mol. The first-order valence-electron chi connectivity index (χ1n) is 7.03. The third-order valence-electron chi connectivity index (χ3n) is 3.92. The first kappa shape index (κ1) is 18.8. The first-order chi connectivity index (χ1) is 10.0. The maximum Gasteiger partial charge on any atom is 0.242 e. The fraction of sp³-hybridized carbons (Fsp3) is 0.533. The van der Waals surface area contributed by atoms with Gasteiger partial charge >= 0.3 is 0 Å². The number of methoxy groups -OCH3 is 1. The second-order valence-electron chi connectivity index (χ2n) is 5.28. The zero-order chi connectivity index (χ0) is 15.4. The molecule has 22 heavy (non-hydrogen) atoms. The van der Waals surface area contributed by atoms with Crippen molar-refractivity contribution in [3.8, 4) is 0 Å². The molecule has 7 heteroatoms. The summed E-state index contributed by atoms with van der Waals surface area (Å²) in [6.07, 6.45) is 0.564. The lowest BCUT2D eigenvalue weighted by molar-refractivity contribution is -0.137. The molecule has 1 aliphatic rings. The summed E-state index contributed by atoms with van der Waals surface area (Å²) in [5.74, 6) is -0.686. The van der Waals surface area contributed by atoms with E-state index in [0.29, 0.717) is 18.7 Å². The van der Waals surface area contributed by atoms with Crippen LogP contribution in [0.5, 0.6) is 0 Å². The molecule has 1 fully saturated rings. The number of carbonyl (C=O) groups is 1. The van der Waals surface area contributed by atoms with E-state index in [0.717, 1.165) is 12.8 Å². The lowest BCUT2D eigenvalue weighted by Gasteiger charge is -2.33. The molecule has 0 bridgehead atoms. The molecule has 1 aromatic rings. The molecule has 0 radical (unpaired) electrons.